The van der Waals surface area contributed by atoms with Gasteiger partial charge < -0.3 is 15.6 Å². The molecule has 0 saturated carbocycles. The van der Waals surface area contributed by atoms with Crippen LogP contribution in [0.1, 0.15) is 19.8 Å². The van der Waals surface area contributed by atoms with Crippen LogP contribution in [0.2, 0.25) is 0 Å². The van der Waals surface area contributed by atoms with Gasteiger partial charge in [-0.3, -0.25) is 0 Å². The maximum absolute atomic E-state index is 12.6. The first kappa shape index (κ1) is 15.1. The van der Waals surface area contributed by atoms with E-state index in [-0.39, 0.29) is 23.7 Å². The van der Waals surface area contributed by atoms with E-state index in [4.69, 9.17) is 10.5 Å². The van der Waals surface area contributed by atoms with Crippen LogP contribution >= 0.6 is 0 Å². The van der Waals surface area contributed by atoms with E-state index in [0.29, 0.717) is 18.5 Å². The van der Waals surface area contributed by atoms with Gasteiger partial charge in [0.1, 0.15) is 10.6 Å². The normalized spacial score (nSPS) is 19.8. The summed E-state index contributed by atoms with van der Waals surface area (Å²) < 4.78 is 31.7. The molecule has 1 heterocycles. The molecule has 0 aliphatic carbocycles. The zero-order valence-corrected chi connectivity index (χ0v) is 12.5. The third-order valence-corrected chi connectivity index (χ3v) is 5.52. The second-order valence-electron chi connectivity index (χ2n) is 5.31. The van der Waals surface area contributed by atoms with Crippen molar-refractivity contribution in [1.29, 1.82) is 0 Å². The van der Waals surface area contributed by atoms with Crippen molar-refractivity contribution in [2.75, 3.05) is 25.9 Å². The summed E-state index contributed by atoms with van der Waals surface area (Å²) in [6.45, 7) is 2.29. The largest absolute Gasteiger partial charge is 0.495 e. The molecule has 1 aromatic rings. The van der Waals surface area contributed by atoms with Gasteiger partial charge >= 0.3 is 0 Å². The molecule has 1 aliphatic rings. The highest BCUT2D eigenvalue weighted by molar-refractivity contribution is 7.89. The van der Waals surface area contributed by atoms with Crippen LogP contribution in [-0.2, 0) is 10.0 Å². The predicted molar refractivity (Wildman–Crippen MR) is 76.0 cm³/mol. The van der Waals surface area contributed by atoms with E-state index in [9.17, 15) is 13.5 Å². The highest BCUT2D eigenvalue weighted by Crippen LogP contribution is 2.31. The summed E-state index contributed by atoms with van der Waals surface area (Å²) in [6.07, 6.45) is 0.827. The number of nitrogens with zero attached hydrogens (tertiary/aromatic N) is 1. The number of ether oxygens (including phenoxy) is 1. The van der Waals surface area contributed by atoms with E-state index in [1.54, 1.807) is 19.1 Å². The molecule has 3 N–H and O–H groups in total. The first-order valence-corrected chi connectivity index (χ1v) is 7.86. The van der Waals surface area contributed by atoms with Gasteiger partial charge in [0.2, 0.25) is 10.0 Å². The summed E-state index contributed by atoms with van der Waals surface area (Å²) in [5.74, 6) is 0.275. The lowest BCUT2D eigenvalue weighted by molar-refractivity contribution is 0.0126. The highest BCUT2D eigenvalue weighted by Gasteiger charge is 2.35. The Balaban J connectivity index is 2.34. The molecule has 0 unspecified atom stereocenters. The molecule has 7 heteroatoms. The van der Waals surface area contributed by atoms with Crippen molar-refractivity contribution in [1.82, 2.24) is 4.31 Å². The number of nitrogens with two attached hydrogens (primary N) is 1. The van der Waals surface area contributed by atoms with Crippen LogP contribution in [0.15, 0.2) is 23.1 Å². The Labute approximate surface area is 119 Å². The smallest absolute Gasteiger partial charge is 0.246 e. The Bertz CT molecular complexity index is 588. The number of nitrogen functional groups attached to an aromatic ring is 1. The average molecular weight is 300 g/mol. The van der Waals surface area contributed by atoms with Crippen molar-refractivity contribution in [2.24, 2.45) is 0 Å². The third-order valence-electron chi connectivity index (χ3n) is 3.61. The number of hydrogen-bond donors (Lipinski definition) is 2. The van der Waals surface area contributed by atoms with E-state index >= 15 is 0 Å². The zero-order chi connectivity index (χ0) is 15.0. The van der Waals surface area contributed by atoms with Crippen LogP contribution in [0, 0.1) is 0 Å². The van der Waals surface area contributed by atoms with E-state index < -0.39 is 15.6 Å². The summed E-state index contributed by atoms with van der Waals surface area (Å²) in [5, 5.41) is 9.91. The SMILES string of the molecule is COc1ccc(N)cc1S(=O)(=O)N1CCC(C)(O)CC1. The van der Waals surface area contributed by atoms with Gasteiger partial charge in [-0.15, -0.1) is 0 Å². The summed E-state index contributed by atoms with van der Waals surface area (Å²) in [5.41, 5.74) is 5.24. The fraction of sp³-hybridized carbons (Fsp3) is 0.538. The Morgan fingerprint density at radius 3 is 2.50 bits per heavy atom. The topological polar surface area (TPSA) is 92.9 Å². The quantitative estimate of drug-likeness (QED) is 0.806. The van der Waals surface area contributed by atoms with Crippen molar-refractivity contribution in [2.45, 2.75) is 30.3 Å². The maximum Gasteiger partial charge on any atom is 0.246 e. The van der Waals surface area contributed by atoms with E-state index in [0.717, 1.165) is 0 Å². The lowest BCUT2D eigenvalue weighted by atomic mass is 9.95. The number of benzene rings is 1. The fourth-order valence-corrected chi connectivity index (χ4v) is 3.87. The number of hydrogen-bond acceptors (Lipinski definition) is 5. The molecule has 1 aliphatic heterocycles. The zero-order valence-electron chi connectivity index (χ0n) is 11.7. The van der Waals surface area contributed by atoms with Crippen LogP contribution in [0.4, 0.5) is 5.69 Å². The van der Waals surface area contributed by atoms with Crippen molar-refractivity contribution in [3.8, 4) is 5.75 Å². The Morgan fingerprint density at radius 1 is 1.35 bits per heavy atom. The number of sulfonamides is 1. The molecule has 2 rings (SSSR count). The van der Waals surface area contributed by atoms with Gasteiger partial charge in [-0.1, -0.05) is 0 Å². The highest BCUT2D eigenvalue weighted by atomic mass is 32.2. The standard InChI is InChI=1S/C13H20N2O4S/c1-13(16)5-7-15(8-6-13)20(17,18)12-9-10(14)3-4-11(12)19-2/h3-4,9,16H,5-8,14H2,1-2H3. The Kier molecular flexibility index (Phi) is 3.95. The van der Waals surface area contributed by atoms with Gasteiger partial charge in [0.15, 0.2) is 0 Å². The summed E-state index contributed by atoms with van der Waals surface area (Å²) in [4.78, 5) is 0.0709. The Morgan fingerprint density at radius 2 is 1.95 bits per heavy atom. The van der Waals surface area contributed by atoms with E-state index in [1.807, 2.05) is 0 Å². The van der Waals surface area contributed by atoms with E-state index in [2.05, 4.69) is 0 Å². The van der Waals surface area contributed by atoms with E-state index in [1.165, 1.54) is 17.5 Å². The number of anilines is 1. The molecule has 0 amide bonds. The number of aliphatic hydroxyl groups is 1. The first-order chi connectivity index (χ1) is 9.26. The summed E-state index contributed by atoms with van der Waals surface area (Å²) >= 11 is 0. The Hall–Kier alpha value is -1.31. The van der Waals surface area contributed by atoms with Crippen molar-refractivity contribution in [3.05, 3.63) is 18.2 Å². The van der Waals surface area contributed by atoms with Crippen LogP contribution < -0.4 is 10.5 Å². The van der Waals surface area contributed by atoms with Gasteiger partial charge in [-0.05, 0) is 38.0 Å². The van der Waals surface area contributed by atoms with Crippen LogP contribution in [0.3, 0.4) is 0 Å². The molecule has 1 aromatic carbocycles. The molecule has 1 saturated heterocycles. The van der Waals surface area contributed by atoms with Crippen LogP contribution in [-0.4, -0.2) is 43.6 Å². The summed E-state index contributed by atoms with van der Waals surface area (Å²) in [7, 11) is -2.24. The third kappa shape index (κ3) is 2.89. The molecule has 0 aromatic heterocycles. The average Bonchev–Trinajstić information content (AvgIpc) is 2.38. The lowest BCUT2D eigenvalue weighted by Gasteiger charge is -2.35. The van der Waals surface area contributed by atoms with Gasteiger partial charge in [-0.25, -0.2) is 8.42 Å². The first-order valence-electron chi connectivity index (χ1n) is 6.42. The molecule has 112 valence electrons. The minimum absolute atomic E-state index is 0.0709. The minimum atomic E-state index is -3.66. The molecular formula is C13H20N2O4S. The molecule has 0 atom stereocenters. The van der Waals surface area contributed by atoms with Gasteiger partial charge in [0, 0.05) is 18.8 Å². The monoisotopic (exact) mass is 300 g/mol. The van der Waals surface area contributed by atoms with Gasteiger partial charge in [0.05, 0.1) is 12.7 Å². The number of rotatable bonds is 3. The second-order valence-corrected chi connectivity index (χ2v) is 7.22. The number of methoxy groups -OCH3 is 1. The maximum atomic E-state index is 12.6. The van der Waals surface area contributed by atoms with Crippen molar-refractivity contribution >= 4 is 15.7 Å². The van der Waals surface area contributed by atoms with Gasteiger partial charge in [-0.2, -0.15) is 4.31 Å². The fourth-order valence-electron chi connectivity index (χ4n) is 2.24. The summed E-state index contributed by atoms with van der Waals surface area (Å²) in [6, 6.07) is 4.54. The number of piperidine rings is 1. The minimum Gasteiger partial charge on any atom is -0.495 e. The molecule has 0 radical (unpaired) electrons. The van der Waals surface area contributed by atoms with Crippen LogP contribution in [0.5, 0.6) is 5.75 Å². The lowest BCUT2D eigenvalue weighted by Crippen LogP contribution is -2.45. The van der Waals surface area contributed by atoms with Crippen molar-refractivity contribution < 1.29 is 18.3 Å². The second kappa shape index (κ2) is 5.23. The predicted octanol–water partition coefficient (Wildman–Crippen LogP) is 0.813. The molecule has 0 bridgehead atoms. The molecule has 1 fully saturated rings. The molecular weight excluding hydrogens is 280 g/mol. The van der Waals surface area contributed by atoms with Gasteiger partial charge in [0.25, 0.3) is 0 Å². The van der Waals surface area contributed by atoms with Crippen LogP contribution in [0.25, 0.3) is 0 Å². The molecule has 6 nitrogen and oxygen atoms in total. The van der Waals surface area contributed by atoms with Crippen molar-refractivity contribution in [3.63, 3.8) is 0 Å². The molecule has 0 spiro atoms. The molecule has 20 heavy (non-hydrogen) atoms.